The third kappa shape index (κ3) is 5.38. The van der Waals surface area contributed by atoms with Crippen LogP contribution in [0.2, 0.25) is 0 Å². The summed E-state index contributed by atoms with van der Waals surface area (Å²) in [5.41, 5.74) is 5.76. The van der Waals surface area contributed by atoms with Crippen molar-refractivity contribution in [3.05, 3.63) is 83.7 Å². The van der Waals surface area contributed by atoms with Crippen LogP contribution in [0.25, 0.3) is 0 Å². The SMILES string of the molecule is CCOC(=O)N1CCN(C2=C(C=Nc3ccccc3)CCC2=CNc2ccccc2)CC1. The molecular weight excluding hydrogens is 400 g/mol. The molecule has 1 N–H and O–H groups in total. The predicted octanol–water partition coefficient (Wildman–Crippen LogP) is 5.21. The second kappa shape index (κ2) is 10.7. The Bertz CT molecular complexity index is 991. The Hall–Kier alpha value is -3.54. The molecule has 0 spiro atoms. The number of hydrogen-bond donors (Lipinski definition) is 1. The molecule has 0 radical (unpaired) electrons. The van der Waals surface area contributed by atoms with Gasteiger partial charge in [0.2, 0.25) is 0 Å². The van der Waals surface area contributed by atoms with E-state index in [1.807, 2.05) is 61.7 Å². The fourth-order valence-corrected chi connectivity index (χ4v) is 4.08. The maximum Gasteiger partial charge on any atom is 0.409 e. The highest BCUT2D eigenvalue weighted by Gasteiger charge is 2.28. The van der Waals surface area contributed by atoms with E-state index in [-0.39, 0.29) is 6.09 Å². The maximum absolute atomic E-state index is 12.1. The monoisotopic (exact) mass is 430 g/mol. The van der Waals surface area contributed by atoms with E-state index < -0.39 is 0 Å². The number of amides is 1. The van der Waals surface area contributed by atoms with E-state index in [1.54, 1.807) is 4.90 Å². The number of anilines is 1. The number of para-hydroxylation sites is 2. The molecule has 1 fully saturated rings. The lowest BCUT2D eigenvalue weighted by atomic mass is 10.1. The highest BCUT2D eigenvalue weighted by Crippen LogP contribution is 2.34. The molecule has 1 heterocycles. The van der Waals surface area contributed by atoms with Crippen LogP contribution in [-0.2, 0) is 4.74 Å². The van der Waals surface area contributed by atoms with Gasteiger partial charge in [-0.2, -0.15) is 0 Å². The number of nitrogens with one attached hydrogen (secondary N) is 1. The zero-order valence-corrected chi connectivity index (χ0v) is 18.5. The van der Waals surface area contributed by atoms with Gasteiger partial charge in [0.1, 0.15) is 0 Å². The summed E-state index contributed by atoms with van der Waals surface area (Å²) in [5, 5.41) is 3.44. The predicted molar refractivity (Wildman–Crippen MR) is 129 cm³/mol. The number of carbonyl (C=O) groups excluding carboxylic acids is 1. The van der Waals surface area contributed by atoms with Crippen LogP contribution < -0.4 is 5.32 Å². The molecule has 1 aliphatic heterocycles. The Morgan fingerprint density at radius 1 is 1.00 bits per heavy atom. The first-order chi connectivity index (χ1) is 15.7. The summed E-state index contributed by atoms with van der Waals surface area (Å²) >= 11 is 0. The smallest absolute Gasteiger partial charge is 0.409 e. The lowest BCUT2D eigenvalue weighted by Crippen LogP contribution is -2.48. The molecular formula is C26H30N4O2. The van der Waals surface area contributed by atoms with Crippen LogP contribution in [0.1, 0.15) is 19.8 Å². The van der Waals surface area contributed by atoms with Crippen molar-refractivity contribution < 1.29 is 9.53 Å². The third-order valence-corrected chi connectivity index (χ3v) is 5.71. The van der Waals surface area contributed by atoms with Crippen molar-refractivity contribution in [2.24, 2.45) is 4.99 Å². The van der Waals surface area contributed by atoms with Crippen LogP contribution >= 0.6 is 0 Å². The maximum atomic E-state index is 12.1. The number of ether oxygens (including phenoxy) is 1. The van der Waals surface area contributed by atoms with Crippen molar-refractivity contribution in [1.82, 2.24) is 9.80 Å². The quantitative estimate of drug-likeness (QED) is 0.640. The molecule has 2 aromatic carbocycles. The van der Waals surface area contributed by atoms with Gasteiger partial charge in [-0.15, -0.1) is 0 Å². The van der Waals surface area contributed by atoms with Crippen LogP contribution in [0, 0.1) is 0 Å². The van der Waals surface area contributed by atoms with Gasteiger partial charge >= 0.3 is 6.09 Å². The molecule has 2 aliphatic rings. The summed E-state index contributed by atoms with van der Waals surface area (Å²) in [7, 11) is 0. The number of hydrogen-bond acceptors (Lipinski definition) is 5. The fraction of sp³-hybridized carbons (Fsp3) is 0.308. The second-order valence-electron chi connectivity index (χ2n) is 7.82. The van der Waals surface area contributed by atoms with Crippen LogP contribution in [-0.4, -0.2) is 54.9 Å². The van der Waals surface area contributed by atoms with E-state index >= 15 is 0 Å². The molecule has 32 heavy (non-hydrogen) atoms. The third-order valence-electron chi connectivity index (χ3n) is 5.71. The molecule has 0 saturated carbocycles. The number of carbonyl (C=O) groups is 1. The van der Waals surface area contributed by atoms with E-state index in [1.165, 1.54) is 16.8 Å². The Labute approximate surface area is 189 Å². The van der Waals surface area contributed by atoms with Crippen molar-refractivity contribution in [1.29, 1.82) is 0 Å². The average molecular weight is 431 g/mol. The molecule has 1 amide bonds. The van der Waals surface area contributed by atoms with Crippen molar-refractivity contribution in [3.63, 3.8) is 0 Å². The van der Waals surface area contributed by atoms with Crippen LogP contribution in [0.3, 0.4) is 0 Å². The summed E-state index contributed by atoms with van der Waals surface area (Å²) in [6, 6.07) is 20.2. The van der Waals surface area contributed by atoms with E-state index in [0.29, 0.717) is 19.7 Å². The first kappa shape index (κ1) is 21.7. The normalized spacial score (nSPS) is 18.0. The lowest BCUT2D eigenvalue weighted by molar-refractivity contribution is 0.0873. The molecule has 0 unspecified atom stereocenters. The van der Waals surface area contributed by atoms with Gasteiger partial charge in [0.25, 0.3) is 0 Å². The van der Waals surface area contributed by atoms with E-state index in [4.69, 9.17) is 9.73 Å². The number of nitrogens with zero attached hydrogens (tertiary/aromatic N) is 3. The minimum absolute atomic E-state index is 0.222. The summed E-state index contributed by atoms with van der Waals surface area (Å²) < 4.78 is 5.17. The Balaban J connectivity index is 1.55. The largest absolute Gasteiger partial charge is 0.450 e. The number of aliphatic imine (C=N–C) groups is 1. The number of piperazine rings is 1. The summed E-state index contributed by atoms with van der Waals surface area (Å²) in [5.74, 6) is 0. The number of rotatable bonds is 6. The van der Waals surface area contributed by atoms with Crippen molar-refractivity contribution in [2.45, 2.75) is 19.8 Å². The Morgan fingerprint density at radius 3 is 2.38 bits per heavy atom. The summed E-state index contributed by atoms with van der Waals surface area (Å²) in [6.45, 7) is 5.11. The van der Waals surface area contributed by atoms with Crippen LogP contribution in [0.4, 0.5) is 16.2 Å². The zero-order chi connectivity index (χ0) is 22.2. The van der Waals surface area contributed by atoms with Gasteiger partial charge in [-0.05, 0) is 55.2 Å². The second-order valence-corrected chi connectivity index (χ2v) is 7.82. The molecule has 6 heteroatoms. The first-order valence-electron chi connectivity index (χ1n) is 11.2. The Kier molecular flexibility index (Phi) is 7.23. The molecule has 0 bridgehead atoms. The van der Waals surface area contributed by atoms with Gasteiger partial charge < -0.3 is 19.9 Å². The standard InChI is InChI=1S/C26H30N4O2/c1-2-32-26(31)30-17-15-29(16-18-30)25-21(19-27-23-9-5-3-6-10-23)13-14-22(25)20-28-24-11-7-4-8-12-24/h3-12,19-20,27H,2,13-18H2,1H3. The first-order valence-corrected chi connectivity index (χ1v) is 11.2. The molecule has 0 atom stereocenters. The van der Waals surface area contributed by atoms with E-state index in [2.05, 4.69) is 28.5 Å². The number of allylic oxidation sites excluding steroid dienone is 2. The molecule has 1 aliphatic carbocycles. The molecule has 166 valence electrons. The van der Waals surface area contributed by atoms with Crippen molar-refractivity contribution in [2.75, 3.05) is 38.1 Å². The van der Waals surface area contributed by atoms with Crippen molar-refractivity contribution >= 4 is 23.7 Å². The van der Waals surface area contributed by atoms with Gasteiger partial charge in [0.05, 0.1) is 12.3 Å². The molecule has 2 aromatic rings. The minimum atomic E-state index is -0.222. The average Bonchev–Trinajstić information content (AvgIpc) is 3.26. The van der Waals surface area contributed by atoms with Crippen LogP contribution in [0.5, 0.6) is 0 Å². The van der Waals surface area contributed by atoms with Gasteiger partial charge in [-0.3, -0.25) is 4.99 Å². The topological polar surface area (TPSA) is 57.2 Å². The lowest BCUT2D eigenvalue weighted by Gasteiger charge is -2.37. The van der Waals surface area contributed by atoms with Gasteiger partial charge in [-0.1, -0.05) is 36.4 Å². The summed E-state index contributed by atoms with van der Waals surface area (Å²) in [6.07, 6.45) is 5.81. The zero-order valence-electron chi connectivity index (χ0n) is 18.5. The van der Waals surface area contributed by atoms with Crippen molar-refractivity contribution in [3.8, 4) is 0 Å². The molecule has 0 aromatic heterocycles. The number of benzene rings is 2. The Morgan fingerprint density at radius 2 is 1.69 bits per heavy atom. The van der Waals surface area contributed by atoms with Crippen LogP contribution in [0.15, 0.2) is 88.7 Å². The van der Waals surface area contributed by atoms with Gasteiger partial charge in [0.15, 0.2) is 0 Å². The fourth-order valence-electron chi connectivity index (χ4n) is 4.08. The minimum Gasteiger partial charge on any atom is -0.450 e. The van der Waals surface area contributed by atoms with E-state index in [9.17, 15) is 4.79 Å². The van der Waals surface area contributed by atoms with Gasteiger partial charge in [-0.25, -0.2) is 4.79 Å². The molecule has 4 rings (SSSR count). The van der Waals surface area contributed by atoms with E-state index in [0.717, 1.165) is 37.3 Å². The van der Waals surface area contributed by atoms with Gasteiger partial charge in [0, 0.05) is 50.0 Å². The molecule has 1 saturated heterocycles. The summed E-state index contributed by atoms with van der Waals surface area (Å²) in [4.78, 5) is 21.0. The molecule has 6 nitrogen and oxygen atoms in total. The highest BCUT2D eigenvalue weighted by molar-refractivity contribution is 5.84. The highest BCUT2D eigenvalue weighted by atomic mass is 16.6.